The van der Waals surface area contributed by atoms with Gasteiger partial charge in [-0.25, -0.2) is 4.79 Å². The van der Waals surface area contributed by atoms with Crippen LogP contribution >= 0.6 is 11.6 Å². The third-order valence-electron chi connectivity index (χ3n) is 2.48. The molecule has 0 spiro atoms. The van der Waals surface area contributed by atoms with Gasteiger partial charge in [0.2, 0.25) is 0 Å². The third kappa shape index (κ3) is 3.94. The predicted molar refractivity (Wildman–Crippen MR) is 69.9 cm³/mol. The van der Waals surface area contributed by atoms with Crippen LogP contribution in [0.4, 0.5) is 0 Å². The van der Waals surface area contributed by atoms with Crippen LogP contribution in [0.5, 0.6) is 5.75 Å². The quantitative estimate of drug-likeness (QED) is 0.592. The highest BCUT2D eigenvalue weighted by Gasteiger charge is 2.22. The fourth-order valence-corrected chi connectivity index (χ4v) is 1.76. The number of carbonyl (C=O) groups excluding carboxylic acids is 1. The zero-order valence-electron chi connectivity index (χ0n) is 10.4. The van der Waals surface area contributed by atoms with E-state index in [0.29, 0.717) is 12.2 Å². The molecule has 104 valence electrons. The molecule has 0 radical (unpaired) electrons. The van der Waals surface area contributed by atoms with Crippen LogP contribution in [0, 0.1) is 0 Å². The van der Waals surface area contributed by atoms with Crippen molar-refractivity contribution in [1.29, 1.82) is 0 Å². The molecule has 0 bridgehead atoms. The van der Waals surface area contributed by atoms with Gasteiger partial charge in [-0.1, -0.05) is 0 Å². The molecular weight excluding hydrogens is 272 g/mol. The maximum absolute atomic E-state index is 11.7. The first-order valence-corrected chi connectivity index (χ1v) is 6.31. The van der Waals surface area contributed by atoms with Crippen LogP contribution in [0.15, 0.2) is 18.2 Å². The minimum atomic E-state index is -1.73. The summed E-state index contributed by atoms with van der Waals surface area (Å²) in [5.74, 6) is -1.18. The van der Waals surface area contributed by atoms with E-state index in [1.807, 2.05) is 0 Å². The minimum Gasteiger partial charge on any atom is -0.493 e. The Morgan fingerprint density at radius 3 is 2.63 bits per heavy atom. The fraction of sp³-hybridized carbons (Fsp3) is 0.385. The summed E-state index contributed by atoms with van der Waals surface area (Å²) in [5, 5.41) is 18.5. The first-order chi connectivity index (χ1) is 9.01. The molecule has 2 N–H and O–H groups in total. The van der Waals surface area contributed by atoms with Gasteiger partial charge in [-0.3, -0.25) is 4.79 Å². The molecule has 5 nitrogen and oxygen atoms in total. The van der Waals surface area contributed by atoms with Gasteiger partial charge in [0.1, 0.15) is 5.75 Å². The Labute approximate surface area is 115 Å². The molecule has 0 aliphatic rings. The molecule has 0 aliphatic heterocycles. The molecule has 6 heteroatoms. The topological polar surface area (TPSA) is 83.8 Å². The van der Waals surface area contributed by atoms with Crippen molar-refractivity contribution in [3.05, 3.63) is 29.3 Å². The van der Waals surface area contributed by atoms with Crippen molar-refractivity contribution in [2.45, 2.75) is 19.4 Å². The number of hydrogen-bond donors (Lipinski definition) is 2. The number of carboxylic acids is 1. The Bertz CT molecular complexity index is 472. The molecule has 1 rings (SSSR count). The first-order valence-electron chi connectivity index (χ1n) is 5.78. The van der Waals surface area contributed by atoms with Crippen LogP contribution in [-0.2, 0) is 4.79 Å². The van der Waals surface area contributed by atoms with E-state index in [9.17, 15) is 14.7 Å². The van der Waals surface area contributed by atoms with Crippen molar-refractivity contribution in [2.75, 3.05) is 12.5 Å². The summed E-state index contributed by atoms with van der Waals surface area (Å²) in [4.78, 5) is 22.6. The van der Waals surface area contributed by atoms with Gasteiger partial charge in [0.25, 0.3) is 0 Å². The molecule has 0 saturated carbocycles. The zero-order chi connectivity index (χ0) is 14.4. The number of rotatable bonds is 7. The summed E-state index contributed by atoms with van der Waals surface area (Å²) < 4.78 is 5.24. The molecule has 0 heterocycles. The van der Waals surface area contributed by atoms with Crippen molar-refractivity contribution in [3.63, 3.8) is 0 Å². The standard InChI is InChI=1S/C13H15ClO5/c1-2-19-11-4-3-8(10(15)5-6-14)7-9(11)12(16)13(17)18/h3-4,7,12,16H,2,5-6H2,1H3,(H,17,18). The highest BCUT2D eigenvalue weighted by atomic mass is 35.5. The van der Waals surface area contributed by atoms with E-state index in [0.717, 1.165) is 0 Å². The van der Waals surface area contributed by atoms with Crippen LogP contribution in [0.3, 0.4) is 0 Å². The largest absolute Gasteiger partial charge is 0.493 e. The summed E-state index contributed by atoms with van der Waals surface area (Å²) in [6, 6.07) is 4.34. The van der Waals surface area contributed by atoms with Crippen molar-refractivity contribution in [1.82, 2.24) is 0 Å². The summed E-state index contributed by atoms with van der Waals surface area (Å²) in [7, 11) is 0. The Balaban J connectivity index is 3.17. The van der Waals surface area contributed by atoms with E-state index in [-0.39, 0.29) is 29.4 Å². The highest BCUT2D eigenvalue weighted by molar-refractivity contribution is 6.19. The van der Waals surface area contributed by atoms with Gasteiger partial charge in [0.15, 0.2) is 11.9 Å². The van der Waals surface area contributed by atoms with Crippen LogP contribution in [0.25, 0.3) is 0 Å². The second-order valence-electron chi connectivity index (χ2n) is 3.79. The summed E-state index contributed by atoms with van der Waals surface area (Å²) in [6.45, 7) is 2.07. The average molecular weight is 287 g/mol. The smallest absolute Gasteiger partial charge is 0.337 e. The molecule has 1 aromatic carbocycles. The van der Waals surface area contributed by atoms with E-state index in [1.54, 1.807) is 6.92 Å². The molecule has 1 aromatic rings. The molecule has 0 aromatic heterocycles. The lowest BCUT2D eigenvalue weighted by molar-refractivity contribution is -0.147. The maximum atomic E-state index is 11.7. The second-order valence-corrected chi connectivity index (χ2v) is 4.17. The lowest BCUT2D eigenvalue weighted by atomic mass is 10.0. The van der Waals surface area contributed by atoms with E-state index in [4.69, 9.17) is 21.4 Å². The van der Waals surface area contributed by atoms with Gasteiger partial charge < -0.3 is 14.9 Å². The number of aliphatic hydroxyl groups excluding tert-OH is 1. The number of halogens is 1. The Kier molecular flexibility index (Phi) is 5.79. The monoisotopic (exact) mass is 286 g/mol. The number of hydrogen-bond acceptors (Lipinski definition) is 4. The normalized spacial score (nSPS) is 11.9. The van der Waals surface area contributed by atoms with Crippen LogP contribution < -0.4 is 4.74 Å². The Hall–Kier alpha value is -1.59. The Morgan fingerprint density at radius 2 is 2.11 bits per heavy atom. The van der Waals surface area contributed by atoms with E-state index >= 15 is 0 Å². The van der Waals surface area contributed by atoms with Crippen LogP contribution in [0.2, 0.25) is 0 Å². The molecule has 0 aliphatic carbocycles. The molecule has 1 unspecified atom stereocenters. The molecule has 0 fully saturated rings. The lowest BCUT2D eigenvalue weighted by Gasteiger charge is -2.14. The molecular formula is C13H15ClO5. The SMILES string of the molecule is CCOc1ccc(C(=O)CCCl)cc1C(O)C(=O)O. The molecule has 0 saturated heterocycles. The van der Waals surface area contributed by atoms with Gasteiger partial charge in [0.05, 0.1) is 6.61 Å². The van der Waals surface area contributed by atoms with E-state index < -0.39 is 12.1 Å². The number of carboxylic acid groups (broad SMARTS) is 1. The zero-order valence-corrected chi connectivity index (χ0v) is 11.2. The van der Waals surface area contributed by atoms with Gasteiger partial charge in [-0.15, -0.1) is 11.6 Å². The van der Waals surface area contributed by atoms with Crippen molar-refractivity contribution in [2.24, 2.45) is 0 Å². The fourth-order valence-electron chi connectivity index (χ4n) is 1.59. The number of Topliss-reactive ketones (excluding diaryl/α,β-unsaturated/α-hetero) is 1. The van der Waals surface area contributed by atoms with Gasteiger partial charge in [-0.2, -0.15) is 0 Å². The lowest BCUT2D eigenvalue weighted by Crippen LogP contribution is -2.13. The third-order valence-corrected chi connectivity index (χ3v) is 2.67. The number of ether oxygens (including phenoxy) is 1. The summed E-state index contributed by atoms with van der Waals surface area (Å²) in [6.07, 6.45) is -1.58. The van der Waals surface area contributed by atoms with Crippen molar-refractivity contribution < 1.29 is 24.5 Å². The molecule has 0 amide bonds. The van der Waals surface area contributed by atoms with E-state index in [1.165, 1.54) is 18.2 Å². The summed E-state index contributed by atoms with van der Waals surface area (Å²) >= 11 is 5.49. The van der Waals surface area contributed by atoms with Gasteiger partial charge >= 0.3 is 5.97 Å². The molecule has 19 heavy (non-hydrogen) atoms. The van der Waals surface area contributed by atoms with E-state index in [2.05, 4.69) is 0 Å². The number of carbonyl (C=O) groups is 2. The number of aliphatic carboxylic acids is 1. The molecule has 1 atom stereocenters. The van der Waals surface area contributed by atoms with Crippen molar-refractivity contribution >= 4 is 23.4 Å². The Morgan fingerprint density at radius 1 is 1.42 bits per heavy atom. The first kappa shape index (κ1) is 15.5. The maximum Gasteiger partial charge on any atom is 0.337 e. The number of alkyl halides is 1. The second kappa shape index (κ2) is 7.11. The van der Waals surface area contributed by atoms with Crippen LogP contribution in [-0.4, -0.2) is 34.5 Å². The van der Waals surface area contributed by atoms with Gasteiger partial charge in [-0.05, 0) is 25.1 Å². The van der Waals surface area contributed by atoms with Crippen molar-refractivity contribution in [3.8, 4) is 5.75 Å². The number of aliphatic hydroxyl groups is 1. The minimum absolute atomic E-state index is 0.0646. The predicted octanol–water partition coefficient (Wildman–Crippen LogP) is 2.01. The average Bonchev–Trinajstić information content (AvgIpc) is 2.38. The number of benzene rings is 1. The van der Waals surface area contributed by atoms with Gasteiger partial charge in [0, 0.05) is 23.4 Å². The highest BCUT2D eigenvalue weighted by Crippen LogP contribution is 2.27. The number of ketones is 1. The summed E-state index contributed by atoms with van der Waals surface area (Å²) in [5.41, 5.74) is 0.370. The van der Waals surface area contributed by atoms with Crippen LogP contribution in [0.1, 0.15) is 35.4 Å².